The van der Waals surface area contributed by atoms with E-state index in [0.29, 0.717) is 16.3 Å². The van der Waals surface area contributed by atoms with Gasteiger partial charge >= 0.3 is 5.97 Å². The lowest BCUT2D eigenvalue weighted by Gasteiger charge is -2.41. The highest BCUT2D eigenvalue weighted by atomic mass is 35.5. The molecule has 0 bridgehead atoms. The molecule has 1 aromatic rings. The zero-order chi connectivity index (χ0) is 22.4. The first kappa shape index (κ1) is 23.6. The van der Waals surface area contributed by atoms with Crippen molar-refractivity contribution in [1.82, 2.24) is 0 Å². The zero-order valence-corrected chi connectivity index (χ0v) is 20.5. The van der Waals surface area contributed by atoms with Gasteiger partial charge in [-0.15, -0.1) is 0 Å². The normalized spacial score (nSPS) is 17.5. The number of carbonyl (C=O) groups excluding carboxylic acids is 2. The number of carbonyl (C=O) groups is 2. The van der Waals surface area contributed by atoms with Crippen LogP contribution >= 0.6 is 11.6 Å². The maximum Gasteiger partial charge on any atom is 0.358 e. The molecule has 29 heavy (non-hydrogen) atoms. The molecule has 1 aliphatic heterocycles. The van der Waals surface area contributed by atoms with E-state index in [1.807, 2.05) is 0 Å². The van der Waals surface area contributed by atoms with Gasteiger partial charge < -0.3 is 9.16 Å². The fraction of sp³-hybridized carbons (Fsp3) is 0.571. The van der Waals surface area contributed by atoms with Crippen LogP contribution in [0.1, 0.15) is 60.1 Å². The van der Waals surface area contributed by atoms with E-state index in [2.05, 4.69) is 39.0 Å². The summed E-state index contributed by atoms with van der Waals surface area (Å²) in [6.45, 7) is 17.3. The minimum Gasteiger partial charge on any atom is -0.455 e. The highest BCUT2D eigenvalue weighted by molar-refractivity contribution is 6.74. The largest absolute Gasteiger partial charge is 0.455 e. The predicted molar refractivity (Wildman–Crippen MR) is 119 cm³/mol. The van der Waals surface area contributed by atoms with E-state index in [1.54, 1.807) is 39.0 Å². The SMILES string of the molecule is CC(=O)N1N=C(C(=O)OC(C)(C)C)C(O[Si](C)(C)C(C)(C)C)c2ccc(Cl)cc21. The monoisotopic (exact) mass is 438 g/mol. The molecule has 0 saturated carbocycles. The van der Waals surface area contributed by atoms with E-state index in [9.17, 15) is 9.59 Å². The Bertz CT molecular complexity index is 853. The Morgan fingerprint density at radius 1 is 1.14 bits per heavy atom. The molecule has 0 saturated heterocycles. The van der Waals surface area contributed by atoms with Crippen molar-refractivity contribution in [2.24, 2.45) is 5.10 Å². The first-order valence-electron chi connectivity index (χ1n) is 9.63. The van der Waals surface area contributed by atoms with Crippen LogP contribution in [0.25, 0.3) is 0 Å². The molecule has 0 radical (unpaired) electrons. The first-order valence-corrected chi connectivity index (χ1v) is 12.9. The topological polar surface area (TPSA) is 68.2 Å². The summed E-state index contributed by atoms with van der Waals surface area (Å²) >= 11 is 6.18. The van der Waals surface area contributed by atoms with Gasteiger partial charge in [0.1, 0.15) is 11.7 Å². The van der Waals surface area contributed by atoms with Crippen LogP contribution in [0.5, 0.6) is 0 Å². The highest BCUT2D eigenvalue weighted by Crippen LogP contribution is 2.44. The van der Waals surface area contributed by atoms with Crippen molar-refractivity contribution in [3.05, 3.63) is 28.8 Å². The van der Waals surface area contributed by atoms with Crippen LogP contribution < -0.4 is 5.01 Å². The van der Waals surface area contributed by atoms with Gasteiger partial charge in [0.05, 0.1) is 5.69 Å². The van der Waals surface area contributed by atoms with Gasteiger partial charge in [-0.25, -0.2) is 4.79 Å². The fourth-order valence-electron chi connectivity index (χ4n) is 2.59. The highest BCUT2D eigenvalue weighted by Gasteiger charge is 2.45. The summed E-state index contributed by atoms with van der Waals surface area (Å²) in [5.74, 6) is -0.937. The van der Waals surface area contributed by atoms with Crippen molar-refractivity contribution >= 4 is 43.2 Å². The number of fused-ring (bicyclic) bond motifs is 1. The summed E-state index contributed by atoms with van der Waals surface area (Å²) in [5, 5.41) is 5.93. The Morgan fingerprint density at radius 2 is 1.72 bits per heavy atom. The molecule has 1 aliphatic rings. The average molecular weight is 439 g/mol. The van der Waals surface area contributed by atoms with Crippen LogP contribution in [0.4, 0.5) is 5.69 Å². The summed E-state index contributed by atoms with van der Waals surface area (Å²) in [7, 11) is -2.29. The summed E-state index contributed by atoms with van der Waals surface area (Å²) in [6, 6.07) is 5.17. The third-order valence-corrected chi connectivity index (χ3v) is 9.76. The maximum atomic E-state index is 13.0. The van der Waals surface area contributed by atoms with E-state index in [-0.39, 0.29) is 16.7 Å². The third-order valence-electron chi connectivity index (χ3n) is 5.08. The van der Waals surface area contributed by atoms with E-state index in [1.165, 1.54) is 11.9 Å². The lowest BCUT2D eigenvalue weighted by Crippen LogP contribution is -2.47. The summed E-state index contributed by atoms with van der Waals surface area (Å²) in [5.41, 5.74) is 0.545. The molecule has 1 atom stereocenters. The number of anilines is 1. The van der Waals surface area contributed by atoms with E-state index < -0.39 is 26.0 Å². The number of esters is 1. The number of hydrogen-bond acceptors (Lipinski definition) is 5. The second-order valence-corrected chi connectivity index (χ2v) is 15.0. The number of hydrazone groups is 1. The Kier molecular flexibility index (Phi) is 6.38. The van der Waals surface area contributed by atoms with Crippen molar-refractivity contribution in [3.8, 4) is 0 Å². The molecule has 1 amide bonds. The smallest absolute Gasteiger partial charge is 0.358 e. The number of benzene rings is 1. The van der Waals surface area contributed by atoms with Gasteiger partial charge in [0.2, 0.25) is 5.91 Å². The molecule has 160 valence electrons. The lowest BCUT2D eigenvalue weighted by atomic mass is 10.0. The molecule has 0 aliphatic carbocycles. The second-order valence-electron chi connectivity index (χ2n) is 9.78. The number of halogens is 1. The van der Waals surface area contributed by atoms with Gasteiger partial charge in [-0.3, -0.25) is 4.79 Å². The molecule has 2 rings (SSSR count). The number of nitrogens with zero attached hydrogens (tertiary/aromatic N) is 2. The minimum absolute atomic E-state index is 0.0646. The molecule has 8 heteroatoms. The van der Waals surface area contributed by atoms with Gasteiger partial charge in [0.25, 0.3) is 0 Å². The van der Waals surface area contributed by atoms with Gasteiger partial charge in [0, 0.05) is 17.5 Å². The van der Waals surface area contributed by atoms with Crippen molar-refractivity contribution in [2.75, 3.05) is 5.01 Å². The number of ether oxygens (including phenoxy) is 1. The van der Waals surface area contributed by atoms with Crippen LogP contribution in [-0.2, 0) is 18.8 Å². The van der Waals surface area contributed by atoms with Gasteiger partial charge in [0.15, 0.2) is 14.0 Å². The van der Waals surface area contributed by atoms with Crippen molar-refractivity contribution in [3.63, 3.8) is 0 Å². The van der Waals surface area contributed by atoms with Crippen molar-refractivity contribution < 1.29 is 18.8 Å². The maximum absolute atomic E-state index is 13.0. The van der Waals surface area contributed by atoms with Crippen LogP contribution in [0.2, 0.25) is 23.2 Å². The molecular weight excluding hydrogens is 408 g/mol. The van der Waals surface area contributed by atoms with E-state index >= 15 is 0 Å². The molecule has 6 nitrogen and oxygen atoms in total. The quantitative estimate of drug-likeness (QED) is 0.463. The Labute approximate surface area is 179 Å². The van der Waals surface area contributed by atoms with Crippen LogP contribution in [-0.4, -0.2) is 31.5 Å². The Hall–Kier alpha value is -1.70. The molecule has 0 spiro atoms. The van der Waals surface area contributed by atoms with E-state index in [4.69, 9.17) is 20.8 Å². The first-order chi connectivity index (χ1) is 13.0. The third kappa shape index (κ3) is 5.27. The van der Waals surface area contributed by atoms with Gasteiger partial charge in [-0.2, -0.15) is 10.1 Å². The summed E-state index contributed by atoms with van der Waals surface area (Å²) in [4.78, 5) is 25.3. The molecule has 0 aromatic heterocycles. The predicted octanol–water partition coefficient (Wildman–Crippen LogP) is 5.47. The number of amides is 1. The van der Waals surface area contributed by atoms with Crippen LogP contribution in [0, 0.1) is 0 Å². The van der Waals surface area contributed by atoms with E-state index in [0.717, 1.165) is 0 Å². The van der Waals surface area contributed by atoms with Gasteiger partial charge in [-0.1, -0.05) is 38.4 Å². The second kappa shape index (κ2) is 7.85. The molecule has 1 heterocycles. The Morgan fingerprint density at radius 3 is 2.21 bits per heavy atom. The molecule has 1 unspecified atom stereocenters. The number of hydrogen-bond donors (Lipinski definition) is 0. The minimum atomic E-state index is -2.29. The van der Waals surface area contributed by atoms with Gasteiger partial charge in [-0.05, 0) is 51.0 Å². The van der Waals surface area contributed by atoms with Crippen LogP contribution in [0.3, 0.4) is 0 Å². The van der Waals surface area contributed by atoms with Crippen molar-refractivity contribution in [1.29, 1.82) is 0 Å². The molecule has 0 fully saturated rings. The standard InChI is InChI=1S/C21H31ClN2O4Si/c1-13(25)24-16-12-14(22)10-11-15(16)18(28-29(8,9)21(5,6)7)17(23-24)19(26)27-20(2,3)4/h10-12,18H,1-9H3. The lowest BCUT2D eigenvalue weighted by molar-refractivity contribution is -0.146. The zero-order valence-electron chi connectivity index (χ0n) is 18.7. The number of rotatable bonds is 3. The fourth-order valence-corrected chi connectivity index (χ4v) is 3.94. The summed E-state index contributed by atoms with van der Waals surface area (Å²) in [6.07, 6.45) is -0.742. The molecule has 0 N–H and O–H groups in total. The molecular formula is C21H31ClN2O4Si. The summed E-state index contributed by atoms with van der Waals surface area (Å²) < 4.78 is 12.2. The average Bonchev–Trinajstić information content (AvgIpc) is 2.51. The Balaban J connectivity index is 2.65. The van der Waals surface area contributed by atoms with Crippen molar-refractivity contribution in [2.45, 2.75) is 78.3 Å². The van der Waals surface area contributed by atoms with Crippen LogP contribution in [0.15, 0.2) is 23.3 Å². The molecule has 1 aromatic carbocycles.